The standard InChI is InChI=1S/C30H28FN3O3S/c1-18-7-10-23(17-19(18)2)32-26-27(30(37)34(29(26)36)24-13-8-21(31)9-14-24)38-25-15-11-22(12-16-25)33-28(35)20-5-3-4-6-20/h7-17,20,32H,3-6H2,1-2H3,(H,33,35). The van der Waals surface area contributed by atoms with Crippen molar-refractivity contribution in [3.63, 3.8) is 0 Å². The molecule has 0 spiro atoms. The van der Waals surface area contributed by atoms with Gasteiger partial charge in [-0.1, -0.05) is 30.7 Å². The van der Waals surface area contributed by atoms with Crippen molar-refractivity contribution in [3.05, 3.63) is 94.3 Å². The Hall–Kier alpha value is -3.91. The van der Waals surface area contributed by atoms with E-state index in [-0.39, 0.29) is 22.4 Å². The Morgan fingerprint density at radius 1 is 0.868 bits per heavy atom. The SMILES string of the molecule is Cc1ccc(NC2=C(Sc3ccc(NC(=O)C4CCCC4)cc3)C(=O)N(c3ccc(F)cc3)C2=O)cc1C. The number of anilines is 3. The smallest absolute Gasteiger partial charge is 0.283 e. The first kappa shape index (κ1) is 25.7. The van der Waals surface area contributed by atoms with Gasteiger partial charge in [-0.3, -0.25) is 14.4 Å². The zero-order chi connectivity index (χ0) is 26.8. The average Bonchev–Trinajstić information content (AvgIpc) is 3.52. The van der Waals surface area contributed by atoms with Crippen LogP contribution in [-0.4, -0.2) is 17.7 Å². The van der Waals surface area contributed by atoms with Gasteiger partial charge in [0.15, 0.2) is 0 Å². The van der Waals surface area contributed by atoms with Crippen molar-refractivity contribution in [1.82, 2.24) is 0 Å². The first-order valence-corrected chi connectivity index (χ1v) is 13.4. The fourth-order valence-electron chi connectivity index (χ4n) is 4.66. The first-order chi connectivity index (χ1) is 18.3. The number of aryl methyl sites for hydroxylation is 2. The molecule has 2 aliphatic rings. The van der Waals surface area contributed by atoms with Crippen LogP contribution < -0.4 is 15.5 Å². The molecule has 1 fully saturated rings. The number of carbonyl (C=O) groups excluding carboxylic acids is 3. The highest BCUT2D eigenvalue weighted by Crippen LogP contribution is 2.38. The highest BCUT2D eigenvalue weighted by molar-refractivity contribution is 8.04. The second-order valence-corrected chi connectivity index (χ2v) is 10.7. The van der Waals surface area contributed by atoms with E-state index >= 15 is 0 Å². The van der Waals surface area contributed by atoms with Crippen molar-refractivity contribution < 1.29 is 18.8 Å². The van der Waals surface area contributed by atoms with Crippen LogP contribution in [0.15, 0.2) is 82.2 Å². The molecule has 8 heteroatoms. The predicted molar refractivity (Wildman–Crippen MR) is 148 cm³/mol. The Morgan fingerprint density at radius 3 is 2.18 bits per heavy atom. The lowest BCUT2D eigenvalue weighted by atomic mass is 10.1. The quantitative estimate of drug-likeness (QED) is 0.339. The maximum atomic E-state index is 13.5. The van der Waals surface area contributed by atoms with Crippen molar-refractivity contribution in [2.24, 2.45) is 5.92 Å². The summed E-state index contributed by atoms with van der Waals surface area (Å²) in [6, 6.07) is 18.2. The van der Waals surface area contributed by atoms with E-state index in [9.17, 15) is 18.8 Å². The van der Waals surface area contributed by atoms with Crippen LogP contribution in [0.3, 0.4) is 0 Å². The molecule has 0 radical (unpaired) electrons. The van der Waals surface area contributed by atoms with E-state index in [2.05, 4.69) is 10.6 Å². The van der Waals surface area contributed by atoms with Crippen molar-refractivity contribution in [2.45, 2.75) is 44.4 Å². The molecule has 3 aromatic carbocycles. The molecule has 3 amide bonds. The molecule has 2 N–H and O–H groups in total. The number of carbonyl (C=O) groups is 3. The topological polar surface area (TPSA) is 78.5 Å². The number of imide groups is 1. The minimum absolute atomic E-state index is 0.0389. The maximum absolute atomic E-state index is 13.5. The van der Waals surface area contributed by atoms with Crippen LogP contribution in [-0.2, 0) is 14.4 Å². The van der Waals surface area contributed by atoms with Gasteiger partial charge in [0.05, 0.1) is 5.69 Å². The zero-order valence-corrected chi connectivity index (χ0v) is 22.0. The van der Waals surface area contributed by atoms with Crippen molar-refractivity contribution in [3.8, 4) is 0 Å². The summed E-state index contributed by atoms with van der Waals surface area (Å²) >= 11 is 1.17. The summed E-state index contributed by atoms with van der Waals surface area (Å²) in [6.07, 6.45) is 4.02. The third-order valence-electron chi connectivity index (χ3n) is 6.97. The summed E-state index contributed by atoms with van der Waals surface area (Å²) < 4.78 is 13.5. The van der Waals surface area contributed by atoms with E-state index in [1.54, 1.807) is 12.1 Å². The molecule has 0 saturated heterocycles. The van der Waals surface area contributed by atoms with Gasteiger partial charge in [0.2, 0.25) is 5.91 Å². The van der Waals surface area contributed by atoms with Gasteiger partial charge >= 0.3 is 0 Å². The molecular formula is C30H28FN3O3S. The van der Waals surface area contributed by atoms with E-state index < -0.39 is 17.6 Å². The van der Waals surface area contributed by atoms with Crippen LogP contribution in [0.4, 0.5) is 21.5 Å². The van der Waals surface area contributed by atoms with Gasteiger partial charge in [0.25, 0.3) is 11.8 Å². The molecule has 6 nitrogen and oxygen atoms in total. The van der Waals surface area contributed by atoms with E-state index in [0.29, 0.717) is 17.1 Å². The summed E-state index contributed by atoms with van der Waals surface area (Å²) in [4.78, 5) is 41.5. The minimum Gasteiger partial charge on any atom is -0.350 e. The fourth-order valence-corrected chi connectivity index (χ4v) is 5.59. The second-order valence-electron chi connectivity index (χ2n) is 9.65. The van der Waals surface area contributed by atoms with E-state index in [0.717, 1.165) is 46.6 Å². The Bertz CT molecular complexity index is 1430. The average molecular weight is 530 g/mol. The number of rotatable bonds is 7. The number of amides is 3. The number of benzene rings is 3. The van der Waals surface area contributed by atoms with E-state index in [1.165, 1.54) is 36.0 Å². The van der Waals surface area contributed by atoms with Crippen LogP contribution in [0.5, 0.6) is 0 Å². The Kier molecular flexibility index (Phi) is 7.33. The highest BCUT2D eigenvalue weighted by Gasteiger charge is 2.40. The second kappa shape index (κ2) is 10.8. The largest absolute Gasteiger partial charge is 0.350 e. The number of nitrogens with zero attached hydrogens (tertiary/aromatic N) is 1. The molecule has 5 rings (SSSR count). The van der Waals surface area contributed by atoms with Crippen LogP contribution in [0.1, 0.15) is 36.8 Å². The minimum atomic E-state index is -0.511. The summed E-state index contributed by atoms with van der Waals surface area (Å²) in [7, 11) is 0. The Morgan fingerprint density at radius 2 is 1.53 bits per heavy atom. The monoisotopic (exact) mass is 529 g/mol. The van der Waals surface area contributed by atoms with Gasteiger partial charge in [0.1, 0.15) is 16.4 Å². The Labute approximate surface area is 225 Å². The summed E-state index contributed by atoms with van der Waals surface area (Å²) in [5, 5.41) is 6.13. The normalized spacial score (nSPS) is 15.9. The van der Waals surface area contributed by atoms with Crippen LogP contribution in [0.25, 0.3) is 0 Å². The van der Waals surface area contributed by atoms with Crippen LogP contribution in [0.2, 0.25) is 0 Å². The molecule has 0 atom stereocenters. The zero-order valence-electron chi connectivity index (χ0n) is 21.2. The van der Waals surface area contributed by atoms with Crippen molar-refractivity contribution >= 4 is 46.5 Å². The lowest BCUT2D eigenvalue weighted by molar-refractivity contribution is -0.121. The summed E-state index contributed by atoms with van der Waals surface area (Å²) in [5.41, 5.74) is 3.99. The molecule has 1 aliphatic carbocycles. The van der Waals surface area contributed by atoms with Gasteiger partial charge in [-0.25, -0.2) is 9.29 Å². The number of halogens is 1. The highest BCUT2D eigenvalue weighted by atomic mass is 32.2. The van der Waals surface area contributed by atoms with Crippen molar-refractivity contribution in [1.29, 1.82) is 0 Å². The van der Waals surface area contributed by atoms with E-state index in [1.807, 2.05) is 44.2 Å². The van der Waals surface area contributed by atoms with Gasteiger partial charge < -0.3 is 10.6 Å². The van der Waals surface area contributed by atoms with Gasteiger partial charge in [0, 0.05) is 22.2 Å². The first-order valence-electron chi connectivity index (χ1n) is 12.6. The van der Waals surface area contributed by atoms with Gasteiger partial charge in [-0.2, -0.15) is 0 Å². The third-order valence-corrected chi connectivity index (χ3v) is 8.06. The lowest BCUT2D eigenvalue weighted by Crippen LogP contribution is -2.32. The molecule has 3 aromatic rings. The predicted octanol–water partition coefficient (Wildman–Crippen LogP) is 6.56. The molecule has 194 valence electrons. The molecular weight excluding hydrogens is 501 g/mol. The Balaban J connectivity index is 1.41. The van der Waals surface area contributed by atoms with Crippen LogP contribution >= 0.6 is 11.8 Å². The third kappa shape index (κ3) is 5.36. The maximum Gasteiger partial charge on any atom is 0.283 e. The number of thioether (sulfide) groups is 1. The lowest BCUT2D eigenvalue weighted by Gasteiger charge is -2.15. The van der Waals surface area contributed by atoms with Crippen LogP contribution in [0, 0.1) is 25.6 Å². The fraction of sp³-hybridized carbons (Fsp3) is 0.233. The molecule has 0 aromatic heterocycles. The van der Waals surface area contributed by atoms with Gasteiger partial charge in [-0.05, 0) is 98.5 Å². The van der Waals surface area contributed by atoms with E-state index in [4.69, 9.17) is 0 Å². The molecule has 1 saturated carbocycles. The molecule has 1 aliphatic heterocycles. The number of hydrogen-bond donors (Lipinski definition) is 2. The molecule has 1 heterocycles. The molecule has 0 bridgehead atoms. The molecule has 38 heavy (non-hydrogen) atoms. The van der Waals surface area contributed by atoms with Crippen molar-refractivity contribution in [2.75, 3.05) is 15.5 Å². The summed E-state index contributed by atoms with van der Waals surface area (Å²) in [6.45, 7) is 3.98. The molecule has 0 unspecified atom stereocenters. The van der Waals surface area contributed by atoms with Gasteiger partial charge in [-0.15, -0.1) is 0 Å². The number of nitrogens with one attached hydrogen (secondary N) is 2. The number of hydrogen-bond acceptors (Lipinski definition) is 5. The summed E-state index contributed by atoms with van der Waals surface area (Å²) in [5.74, 6) is -1.35.